The van der Waals surface area contributed by atoms with Crippen LogP contribution in [0.1, 0.15) is 113 Å². The van der Waals surface area contributed by atoms with E-state index in [-0.39, 0.29) is 12.0 Å². The molecule has 0 fully saturated rings. The average molecular weight is 569 g/mol. The highest BCUT2D eigenvalue weighted by atomic mass is 15.3. The van der Waals surface area contributed by atoms with Crippen LogP contribution in [0.15, 0.2) is 85.0 Å². The molecule has 2 aliphatic rings. The minimum absolute atomic E-state index is 0.111. The van der Waals surface area contributed by atoms with Gasteiger partial charge in [0.05, 0.1) is 6.04 Å². The first-order valence-corrected chi connectivity index (χ1v) is 15.9. The van der Waals surface area contributed by atoms with Crippen LogP contribution in [-0.4, -0.2) is 21.0 Å². The molecular weight excluding hydrogens is 524 g/mol. The minimum Gasteiger partial charge on any atom is -0.302 e. The van der Waals surface area contributed by atoms with Crippen LogP contribution in [0.25, 0.3) is 22.8 Å². The van der Waals surface area contributed by atoms with Gasteiger partial charge in [-0.1, -0.05) is 134 Å². The van der Waals surface area contributed by atoms with Crippen molar-refractivity contribution in [3.8, 4) is 22.8 Å². The number of hydrogen-bond donors (Lipinski definition) is 0. The van der Waals surface area contributed by atoms with E-state index >= 15 is 0 Å². The van der Waals surface area contributed by atoms with Crippen molar-refractivity contribution in [2.75, 3.05) is 4.90 Å². The number of anilines is 2. The van der Waals surface area contributed by atoms with Crippen LogP contribution in [0.2, 0.25) is 0 Å². The minimum atomic E-state index is 0.111. The average Bonchev–Trinajstić information content (AvgIpc) is 3.34. The van der Waals surface area contributed by atoms with Gasteiger partial charge in [0, 0.05) is 22.7 Å². The highest BCUT2D eigenvalue weighted by Crippen LogP contribution is 2.47. The summed E-state index contributed by atoms with van der Waals surface area (Å²) in [6.07, 6.45) is 8.91. The predicted molar refractivity (Wildman–Crippen MR) is 180 cm³/mol. The van der Waals surface area contributed by atoms with Gasteiger partial charge < -0.3 is 4.90 Å². The number of benzene rings is 3. The molecule has 4 aromatic rings. The number of aromatic nitrogens is 3. The quantitative estimate of drug-likeness (QED) is 0.222. The van der Waals surface area contributed by atoms with E-state index in [1.165, 1.54) is 33.5 Å². The van der Waals surface area contributed by atoms with Gasteiger partial charge in [0.15, 0.2) is 11.6 Å². The number of allylic oxidation sites excluding steroid dienone is 2. The van der Waals surface area contributed by atoms with Crippen molar-refractivity contribution >= 4 is 11.6 Å². The van der Waals surface area contributed by atoms with Crippen LogP contribution in [0.3, 0.4) is 0 Å². The monoisotopic (exact) mass is 568 g/mol. The van der Waals surface area contributed by atoms with E-state index in [2.05, 4.69) is 145 Å². The Labute approximate surface area is 257 Å². The Morgan fingerprint density at radius 1 is 0.535 bits per heavy atom. The Morgan fingerprint density at radius 3 is 1.49 bits per heavy atom. The van der Waals surface area contributed by atoms with Crippen LogP contribution < -0.4 is 4.90 Å². The van der Waals surface area contributed by atoms with E-state index in [1.807, 2.05) is 0 Å². The van der Waals surface area contributed by atoms with Crippen molar-refractivity contribution in [2.24, 2.45) is 0 Å². The van der Waals surface area contributed by atoms with Gasteiger partial charge in [-0.15, -0.1) is 0 Å². The molecule has 43 heavy (non-hydrogen) atoms. The van der Waals surface area contributed by atoms with Gasteiger partial charge >= 0.3 is 0 Å². The summed E-state index contributed by atoms with van der Waals surface area (Å²) in [5.41, 5.74) is 9.87. The van der Waals surface area contributed by atoms with E-state index < -0.39 is 0 Å². The van der Waals surface area contributed by atoms with Crippen LogP contribution in [-0.2, 0) is 0 Å². The third-order valence-electron chi connectivity index (χ3n) is 8.99. The fourth-order valence-corrected chi connectivity index (χ4v) is 6.83. The molecule has 4 heteroatoms. The molecular formula is C39H44N4. The Hall–Kier alpha value is -4.05. The molecule has 0 spiro atoms. The van der Waals surface area contributed by atoms with E-state index in [0.717, 1.165) is 22.8 Å². The molecule has 6 rings (SSSR count). The molecule has 0 saturated carbocycles. The molecule has 2 heterocycles. The summed E-state index contributed by atoms with van der Waals surface area (Å²) >= 11 is 0. The SMILES string of the molecule is CC(C)c1cccc(C(C)C)c1-c1nc(-c2c(C(C)C)cccc2C(C)C)nc(N2c3ccccc3C3C=CC=CC32)n1. The summed E-state index contributed by atoms with van der Waals surface area (Å²) < 4.78 is 0. The molecule has 0 N–H and O–H groups in total. The van der Waals surface area contributed by atoms with Crippen molar-refractivity contribution in [1.29, 1.82) is 0 Å². The van der Waals surface area contributed by atoms with E-state index in [4.69, 9.17) is 15.0 Å². The molecule has 4 nitrogen and oxygen atoms in total. The lowest BCUT2D eigenvalue weighted by atomic mass is 9.87. The zero-order valence-electron chi connectivity index (χ0n) is 26.8. The highest BCUT2D eigenvalue weighted by Gasteiger charge is 2.39. The zero-order valence-corrected chi connectivity index (χ0v) is 26.8. The van der Waals surface area contributed by atoms with Gasteiger partial charge in [-0.25, -0.2) is 4.98 Å². The lowest BCUT2D eigenvalue weighted by molar-refractivity contribution is 0.727. The van der Waals surface area contributed by atoms with Gasteiger partial charge in [0.25, 0.3) is 0 Å². The van der Waals surface area contributed by atoms with Gasteiger partial charge in [-0.2, -0.15) is 9.97 Å². The zero-order chi connectivity index (χ0) is 30.4. The van der Waals surface area contributed by atoms with Crippen molar-refractivity contribution in [2.45, 2.75) is 91.0 Å². The van der Waals surface area contributed by atoms with Gasteiger partial charge in [0.1, 0.15) is 0 Å². The summed E-state index contributed by atoms with van der Waals surface area (Å²) in [7, 11) is 0. The second-order valence-electron chi connectivity index (χ2n) is 13.2. The summed E-state index contributed by atoms with van der Waals surface area (Å²) in [6.45, 7) is 18.1. The van der Waals surface area contributed by atoms with E-state index in [9.17, 15) is 0 Å². The standard InChI is InChI=1S/C39H44N4/c1-23(2)27-17-13-18-28(24(3)4)35(27)37-40-38(36-29(25(5)6)19-14-20-30(36)26(7)8)42-39(41-37)43-33-21-11-9-15-31(33)32-16-10-12-22-34(32)43/h9-26,31,33H,1-8H3. The van der Waals surface area contributed by atoms with Crippen molar-refractivity contribution < 1.29 is 0 Å². The van der Waals surface area contributed by atoms with Crippen LogP contribution in [0.4, 0.5) is 11.6 Å². The fourth-order valence-electron chi connectivity index (χ4n) is 6.83. The summed E-state index contributed by atoms with van der Waals surface area (Å²) in [6, 6.07) is 22.2. The second kappa shape index (κ2) is 11.6. The number of nitrogens with zero attached hydrogens (tertiary/aromatic N) is 4. The highest BCUT2D eigenvalue weighted by molar-refractivity contribution is 5.77. The Balaban J connectivity index is 1.70. The maximum absolute atomic E-state index is 5.40. The largest absolute Gasteiger partial charge is 0.302 e. The first-order valence-electron chi connectivity index (χ1n) is 15.9. The lowest BCUT2D eigenvalue weighted by Gasteiger charge is -2.28. The molecule has 0 amide bonds. The maximum Gasteiger partial charge on any atom is 0.234 e. The molecule has 0 saturated heterocycles. The number of rotatable bonds is 7. The van der Waals surface area contributed by atoms with Gasteiger partial charge in [0.2, 0.25) is 5.95 Å². The van der Waals surface area contributed by atoms with E-state index in [1.54, 1.807) is 0 Å². The lowest BCUT2D eigenvalue weighted by Crippen LogP contribution is -2.30. The van der Waals surface area contributed by atoms with Gasteiger partial charge in [-0.05, 0) is 57.6 Å². The normalized spacial score (nSPS) is 17.4. The Kier molecular flexibility index (Phi) is 7.81. The Morgan fingerprint density at radius 2 is 1.00 bits per heavy atom. The third-order valence-corrected chi connectivity index (χ3v) is 8.99. The molecule has 1 aliphatic heterocycles. The predicted octanol–water partition coefficient (Wildman–Crippen LogP) is 10.4. The smallest absolute Gasteiger partial charge is 0.234 e. The van der Waals surface area contributed by atoms with Crippen LogP contribution in [0, 0.1) is 0 Å². The maximum atomic E-state index is 5.40. The molecule has 2 atom stereocenters. The first kappa shape index (κ1) is 29.0. The number of hydrogen-bond acceptors (Lipinski definition) is 4. The molecule has 2 unspecified atom stereocenters. The Bertz CT molecular complexity index is 1570. The van der Waals surface area contributed by atoms with Crippen LogP contribution in [0.5, 0.6) is 0 Å². The third kappa shape index (κ3) is 5.11. The number of para-hydroxylation sites is 1. The van der Waals surface area contributed by atoms with Crippen molar-refractivity contribution in [1.82, 2.24) is 15.0 Å². The topological polar surface area (TPSA) is 41.9 Å². The summed E-state index contributed by atoms with van der Waals surface area (Å²) in [5, 5.41) is 0. The van der Waals surface area contributed by atoms with E-state index in [0.29, 0.717) is 29.6 Å². The summed E-state index contributed by atoms with van der Waals surface area (Å²) in [4.78, 5) is 18.5. The van der Waals surface area contributed by atoms with Crippen molar-refractivity contribution in [3.63, 3.8) is 0 Å². The molecule has 220 valence electrons. The number of fused-ring (bicyclic) bond motifs is 3. The molecule has 3 aromatic carbocycles. The molecule has 1 aliphatic carbocycles. The molecule has 0 bridgehead atoms. The van der Waals surface area contributed by atoms with Gasteiger partial charge in [-0.3, -0.25) is 0 Å². The molecule has 0 radical (unpaired) electrons. The van der Waals surface area contributed by atoms with Crippen molar-refractivity contribution in [3.05, 3.63) is 113 Å². The fraction of sp³-hybridized carbons (Fsp3) is 0.359. The molecule has 1 aromatic heterocycles. The first-order chi connectivity index (χ1) is 20.7. The second-order valence-corrected chi connectivity index (χ2v) is 13.2. The summed E-state index contributed by atoms with van der Waals surface area (Å²) in [5.74, 6) is 3.80. The van der Waals surface area contributed by atoms with Crippen LogP contribution >= 0.6 is 0 Å².